The summed E-state index contributed by atoms with van der Waals surface area (Å²) in [6.07, 6.45) is 3.15. The molecule has 0 aliphatic rings. The lowest BCUT2D eigenvalue weighted by Crippen LogP contribution is -2.22. The van der Waals surface area contributed by atoms with Crippen molar-refractivity contribution >= 4 is 0 Å². The largest absolute Gasteiger partial charge is 0.313 e. The van der Waals surface area contributed by atoms with Gasteiger partial charge in [-0.15, -0.1) is 6.58 Å². The molecule has 1 N–H and O–H groups in total. The van der Waals surface area contributed by atoms with Crippen LogP contribution in [0.2, 0.25) is 0 Å². The first-order chi connectivity index (χ1) is 8.80. The number of likely N-dealkylation sites (N-methyl/N-ethyl adjacent to an activating group) is 1. The van der Waals surface area contributed by atoms with Gasteiger partial charge in [-0.25, -0.2) is 0 Å². The van der Waals surface area contributed by atoms with Crippen molar-refractivity contribution < 1.29 is 0 Å². The van der Waals surface area contributed by atoms with Gasteiger partial charge in [0, 0.05) is 19.6 Å². The number of rotatable bonds is 9. The highest BCUT2D eigenvalue weighted by Gasteiger charge is 2.01. The van der Waals surface area contributed by atoms with Gasteiger partial charge in [0.15, 0.2) is 0 Å². The Balaban J connectivity index is 2.46. The zero-order valence-electron chi connectivity index (χ0n) is 11.8. The molecule has 2 heteroatoms. The molecule has 0 saturated heterocycles. The monoisotopic (exact) mass is 246 g/mol. The fourth-order valence-electron chi connectivity index (χ4n) is 1.92. The van der Waals surface area contributed by atoms with Crippen LogP contribution in [0.25, 0.3) is 0 Å². The quantitative estimate of drug-likeness (QED) is 0.532. The fraction of sp³-hybridized carbons (Fsp3) is 0.500. The molecule has 100 valence electrons. The van der Waals surface area contributed by atoms with E-state index in [4.69, 9.17) is 0 Å². The van der Waals surface area contributed by atoms with E-state index in [0.717, 1.165) is 32.7 Å². The molecule has 0 aromatic heterocycles. The van der Waals surface area contributed by atoms with Gasteiger partial charge in [0.2, 0.25) is 0 Å². The molecular weight excluding hydrogens is 220 g/mol. The van der Waals surface area contributed by atoms with Gasteiger partial charge in [-0.3, -0.25) is 4.90 Å². The molecule has 0 atom stereocenters. The van der Waals surface area contributed by atoms with Gasteiger partial charge in [-0.1, -0.05) is 44.2 Å². The normalized spacial score (nSPS) is 10.8. The first-order valence-corrected chi connectivity index (χ1v) is 6.91. The van der Waals surface area contributed by atoms with E-state index in [0.29, 0.717) is 0 Å². The van der Waals surface area contributed by atoms with E-state index in [9.17, 15) is 0 Å². The standard InChI is InChI=1S/C16H26N2/c1-4-11-17-13-15-7-9-16(10-8-15)14-18(6-3)12-5-2/h5,7-10,17H,2,4,6,11-14H2,1,3H3. The lowest BCUT2D eigenvalue weighted by atomic mass is 10.1. The fourth-order valence-corrected chi connectivity index (χ4v) is 1.92. The molecule has 0 spiro atoms. The van der Waals surface area contributed by atoms with E-state index < -0.39 is 0 Å². The van der Waals surface area contributed by atoms with E-state index in [1.54, 1.807) is 0 Å². The van der Waals surface area contributed by atoms with E-state index in [1.165, 1.54) is 17.5 Å². The smallest absolute Gasteiger partial charge is 0.0236 e. The molecule has 1 aromatic rings. The Morgan fingerprint density at radius 2 is 1.83 bits per heavy atom. The van der Waals surface area contributed by atoms with Crippen LogP contribution in [0.4, 0.5) is 0 Å². The zero-order valence-corrected chi connectivity index (χ0v) is 11.8. The van der Waals surface area contributed by atoms with Crippen LogP contribution in [0.15, 0.2) is 36.9 Å². The minimum Gasteiger partial charge on any atom is -0.313 e. The van der Waals surface area contributed by atoms with E-state index in [1.807, 2.05) is 6.08 Å². The van der Waals surface area contributed by atoms with Gasteiger partial charge < -0.3 is 5.32 Å². The maximum Gasteiger partial charge on any atom is 0.0236 e. The SMILES string of the molecule is C=CCN(CC)Cc1ccc(CNCCC)cc1. The Hall–Kier alpha value is -1.12. The van der Waals surface area contributed by atoms with E-state index >= 15 is 0 Å². The summed E-state index contributed by atoms with van der Waals surface area (Å²) in [5.74, 6) is 0. The van der Waals surface area contributed by atoms with Crippen LogP contribution in [0.3, 0.4) is 0 Å². The first kappa shape index (κ1) is 14.9. The van der Waals surface area contributed by atoms with Gasteiger partial charge in [-0.05, 0) is 30.6 Å². The van der Waals surface area contributed by atoms with Crippen LogP contribution in [-0.4, -0.2) is 24.5 Å². The van der Waals surface area contributed by atoms with Crippen molar-refractivity contribution in [2.24, 2.45) is 0 Å². The van der Waals surface area contributed by atoms with E-state index in [2.05, 4.69) is 54.9 Å². The minimum atomic E-state index is 0.955. The highest BCUT2D eigenvalue weighted by Crippen LogP contribution is 2.07. The van der Waals surface area contributed by atoms with Crippen LogP contribution >= 0.6 is 0 Å². The average Bonchev–Trinajstić information content (AvgIpc) is 2.40. The predicted octanol–water partition coefficient (Wildman–Crippen LogP) is 3.19. The Morgan fingerprint density at radius 3 is 2.39 bits per heavy atom. The van der Waals surface area contributed by atoms with Gasteiger partial charge in [0.25, 0.3) is 0 Å². The van der Waals surface area contributed by atoms with Crippen LogP contribution < -0.4 is 5.32 Å². The van der Waals surface area contributed by atoms with E-state index in [-0.39, 0.29) is 0 Å². The molecular formula is C16H26N2. The number of nitrogens with one attached hydrogen (secondary N) is 1. The lowest BCUT2D eigenvalue weighted by molar-refractivity contribution is 0.311. The predicted molar refractivity (Wildman–Crippen MR) is 79.6 cm³/mol. The van der Waals surface area contributed by atoms with Crippen molar-refractivity contribution in [1.82, 2.24) is 10.2 Å². The number of hydrogen-bond donors (Lipinski definition) is 1. The summed E-state index contributed by atoms with van der Waals surface area (Å²) >= 11 is 0. The van der Waals surface area contributed by atoms with Gasteiger partial charge >= 0.3 is 0 Å². The molecule has 0 radical (unpaired) electrons. The zero-order chi connectivity index (χ0) is 13.2. The average molecular weight is 246 g/mol. The molecule has 0 aliphatic carbocycles. The Labute approximate surface area is 112 Å². The number of hydrogen-bond acceptors (Lipinski definition) is 2. The third-order valence-corrected chi connectivity index (χ3v) is 3.02. The highest BCUT2D eigenvalue weighted by atomic mass is 15.1. The lowest BCUT2D eigenvalue weighted by Gasteiger charge is -2.18. The van der Waals surface area contributed by atoms with Gasteiger partial charge in [0.05, 0.1) is 0 Å². The summed E-state index contributed by atoms with van der Waals surface area (Å²) in [6.45, 7) is 13.3. The molecule has 2 nitrogen and oxygen atoms in total. The van der Waals surface area contributed by atoms with Crippen molar-refractivity contribution in [2.75, 3.05) is 19.6 Å². The molecule has 1 aromatic carbocycles. The Morgan fingerprint density at radius 1 is 1.17 bits per heavy atom. The summed E-state index contributed by atoms with van der Waals surface area (Å²) in [4.78, 5) is 2.37. The third kappa shape index (κ3) is 5.48. The first-order valence-electron chi connectivity index (χ1n) is 6.91. The Bertz CT molecular complexity index is 329. The van der Waals surface area contributed by atoms with Crippen molar-refractivity contribution in [2.45, 2.75) is 33.4 Å². The third-order valence-electron chi connectivity index (χ3n) is 3.02. The van der Waals surface area contributed by atoms with Crippen molar-refractivity contribution in [3.63, 3.8) is 0 Å². The Kier molecular flexibility index (Phi) is 7.38. The minimum absolute atomic E-state index is 0.955. The summed E-state index contributed by atoms with van der Waals surface area (Å²) in [5.41, 5.74) is 2.73. The summed E-state index contributed by atoms with van der Waals surface area (Å²) in [5, 5.41) is 3.42. The van der Waals surface area contributed by atoms with Gasteiger partial charge in [-0.2, -0.15) is 0 Å². The molecule has 18 heavy (non-hydrogen) atoms. The maximum atomic E-state index is 3.80. The van der Waals surface area contributed by atoms with Crippen LogP contribution in [0, 0.1) is 0 Å². The van der Waals surface area contributed by atoms with Crippen molar-refractivity contribution in [3.8, 4) is 0 Å². The molecule has 0 fully saturated rings. The van der Waals surface area contributed by atoms with Gasteiger partial charge in [0.1, 0.15) is 0 Å². The van der Waals surface area contributed by atoms with Crippen molar-refractivity contribution in [3.05, 3.63) is 48.0 Å². The maximum absolute atomic E-state index is 3.80. The molecule has 1 rings (SSSR count). The molecule has 0 amide bonds. The van der Waals surface area contributed by atoms with Crippen LogP contribution in [0.1, 0.15) is 31.4 Å². The van der Waals surface area contributed by atoms with Crippen molar-refractivity contribution in [1.29, 1.82) is 0 Å². The second kappa shape index (κ2) is 8.90. The molecule has 0 bridgehead atoms. The highest BCUT2D eigenvalue weighted by molar-refractivity contribution is 5.22. The second-order valence-electron chi connectivity index (χ2n) is 4.61. The molecule has 0 aliphatic heterocycles. The van der Waals surface area contributed by atoms with Crippen LogP contribution in [0.5, 0.6) is 0 Å². The van der Waals surface area contributed by atoms with Crippen LogP contribution in [-0.2, 0) is 13.1 Å². The molecule has 0 saturated carbocycles. The summed E-state index contributed by atoms with van der Waals surface area (Å²) < 4.78 is 0. The molecule has 0 heterocycles. The second-order valence-corrected chi connectivity index (χ2v) is 4.61. The molecule has 0 unspecified atom stereocenters. The summed E-state index contributed by atoms with van der Waals surface area (Å²) in [6, 6.07) is 8.91. The topological polar surface area (TPSA) is 15.3 Å². The number of nitrogens with zero attached hydrogens (tertiary/aromatic N) is 1. The summed E-state index contributed by atoms with van der Waals surface area (Å²) in [7, 11) is 0. The number of benzene rings is 1.